The van der Waals surface area contributed by atoms with E-state index >= 15 is 0 Å². The molecule has 1 aliphatic carbocycles. The molecule has 2 aliphatic rings. The SMILES string of the molecule is Cc1ccc2cccc(C(=O)N3CC(n4cc(C5CC5)nn4)C3)c2n1. The van der Waals surface area contributed by atoms with Gasteiger partial charge in [0.25, 0.3) is 5.91 Å². The number of nitrogens with zero attached hydrogens (tertiary/aromatic N) is 5. The van der Waals surface area contributed by atoms with E-state index < -0.39 is 0 Å². The summed E-state index contributed by atoms with van der Waals surface area (Å²) in [4.78, 5) is 19.3. The van der Waals surface area contributed by atoms with Crippen molar-refractivity contribution in [1.82, 2.24) is 24.9 Å². The highest BCUT2D eigenvalue weighted by Gasteiger charge is 2.35. The van der Waals surface area contributed by atoms with E-state index in [1.54, 1.807) is 0 Å². The summed E-state index contributed by atoms with van der Waals surface area (Å²) in [6, 6.07) is 10.00. The number of aryl methyl sites for hydroxylation is 1. The Labute approximate surface area is 145 Å². The zero-order chi connectivity index (χ0) is 17.0. The summed E-state index contributed by atoms with van der Waals surface area (Å²) in [5.41, 5.74) is 3.48. The van der Waals surface area contributed by atoms with Crippen LogP contribution in [0.3, 0.4) is 0 Å². The molecule has 25 heavy (non-hydrogen) atoms. The molecule has 3 aromatic rings. The van der Waals surface area contributed by atoms with Crippen molar-refractivity contribution in [2.24, 2.45) is 0 Å². The predicted octanol–water partition coefficient (Wildman–Crippen LogP) is 2.71. The largest absolute Gasteiger partial charge is 0.334 e. The molecule has 1 aliphatic heterocycles. The summed E-state index contributed by atoms with van der Waals surface area (Å²) in [6.07, 6.45) is 4.50. The zero-order valence-electron chi connectivity index (χ0n) is 14.1. The van der Waals surface area contributed by atoms with E-state index in [1.165, 1.54) is 12.8 Å². The molecule has 0 atom stereocenters. The van der Waals surface area contributed by atoms with Gasteiger partial charge in [0.2, 0.25) is 0 Å². The lowest BCUT2D eigenvalue weighted by atomic mass is 10.0. The Hall–Kier alpha value is -2.76. The Kier molecular flexibility index (Phi) is 3.13. The molecular weight excluding hydrogens is 314 g/mol. The molecule has 5 rings (SSSR count). The molecule has 0 radical (unpaired) electrons. The second-order valence-electron chi connectivity index (χ2n) is 7.09. The summed E-state index contributed by atoms with van der Waals surface area (Å²) in [7, 11) is 0. The van der Waals surface area contributed by atoms with Crippen molar-refractivity contribution in [2.45, 2.75) is 31.7 Å². The standard InChI is InChI=1S/C19H19N5O/c1-12-5-6-14-3-2-4-16(18(14)20-12)19(25)23-9-15(10-23)24-11-17(21-22-24)13-7-8-13/h2-6,11,13,15H,7-10H2,1H3. The number of carbonyl (C=O) groups is 1. The Bertz CT molecular complexity index is 969. The number of pyridine rings is 1. The van der Waals surface area contributed by atoms with Gasteiger partial charge in [-0.2, -0.15) is 0 Å². The van der Waals surface area contributed by atoms with Gasteiger partial charge in [-0.15, -0.1) is 5.10 Å². The van der Waals surface area contributed by atoms with E-state index in [4.69, 9.17) is 0 Å². The summed E-state index contributed by atoms with van der Waals surface area (Å²) >= 11 is 0. The van der Waals surface area contributed by atoms with Crippen molar-refractivity contribution in [3.05, 3.63) is 53.5 Å². The minimum atomic E-state index is 0.0440. The summed E-state index contributed by atoms with van der Waals surface area (Å²) in [6.45, 7) is 3.30. The highest BCUT2D eigenvalue weighted by molar-refractivity contribution is 6.05. The molecule has 2 fully saturated rings. The van der Waals surface area contributed by atoms with Crippen LogP contribution in [0.1, 0.15) is 46.5 Å². The van der Waals surface area contributed by atoms with Crippen molar-refractivity contribution in [3.8, 4) is 0 Å². The third kappa shape index (κ3) is 2.49. The van der Waals surface area contributed by atoms with Crippen LogP contribution in [0.2, 0.25) is 0 Å². The van der Waals surface area contributed by atoms with Crippen molar-refractivity contribution < 1.29 is 4.79 Å². The second kappa shape index (κ2) is 5.37. The fourth-order valence-corrected chi connectivity index (χ4v) is 3.41. The third-order valence-corrected chi connectivity index (χ3v) is 5.14. The van der Waals surface area contributed by atoms with Gasteiger partial charge in [0.15, 0.2) is 0 Å². The van der Waals surface area contributed by atoms with E-state index in [-0.39, 0.29) is 11.9 Å². The monoisotopic (exact) mass is 333 g/mol. The number of hydrogen-bond donors (Lipinski definition) is 0. The molecule has 3 heterocycles. The number of likely N-dealkylation sites (tertiary alicyclic amines) is 1. The van der Waals surface area contributed by atoms with Crippen LogP contribution in [0.4, 0.5) is 0 Å². The number of benzene rings is 1. The van der Waals surface area contributed by atoms with Gasteiger partial charge in [0.05, 0.1) is 22.8 Å². The van der Waals surface area contributed by atoms with E-state index in [0.717, 1.165) is 22.3 Å². The van der Waals surface area contributed by atoms with Gasteiger partial charge >= 0.3 is 0 Å². The molecular formula is C19H19N5O. The maximum atomic E-state index is 12.9. The predicted molar refractivity (Wildman–Crippen MR) is 93.4 cm³/mol. The van der Waals surface area contributed by atoms with Gasteiger partial charge < -0.3 is 4.90 Å². The smallest absolute Gasteiger partial charge is 0.256 e. The van der Waals surface area contributed by atoms with Crippen LogP contribution in [-0.2, 0) is 0 Å². The van der Waals surface area contributed by atoms with Crippen molar-refractivity contribution in [1.29, 1.82) is 0 Å². The highest BCUT2D eigenvalue weighted by atomic mass is 16.2. The van der Waals surface area contributed by atoms with Crippen molar-refractivity contribution >= 4 is 16.8 Å². The van der Waals surface area contributed by atoms with Gasteiger partial charge in [-0.25, -0.2) is 4.68 Å². The van der Waals surface area contributed by atoms with Crippen LogP contribution in [0, 0.1) is 6.92 Å². The number of amides is 1. The number of aromatic nitrogens is 4. The molecule has 6 heteroatoms. The van der Waals surface area contributed by atoms with Crippen molar-refractivity contribution in [3.63, 3.8) is 0 Å². The van der Waals surface area contributed by atoms with Crippen LogP contribution >= 0.6 is 0 Å². The summed E-state index contributed by atoms with van der Waals surface area (Å²) in [5.74, 6) is 0.652. The minimum Gasteiger partial charge on any atom is -0.334 e. The molecule has 1 saturated carbocycles. The van der Waals surface area contributed by atoms with E-state index in [0.29, 0.717) is 24.6 Å². The Balaban J connectivity index is 1.35. The molecule has 6 nitrogen and oxygen atoms in total. The van der Waals surface area contributed by atoms with Gasteiger partial charge in [0.1, 0.15) is 0 Å². The van der Waals surface area contributed by atoms with Crippen LogP contribution in [0.5, 0.6) is 0 Å². The molecule has 126 valence electrons. The average molecular weight is 333 g/mol. The summed E-state index contributed by atoms with van der Waals surface area (Å²) in [5, 5.41) is 9.50. The minimum absolute atomic E-state index is 0.0440. The maximum Gasteiger partial charge on any atom is 0.256 e. The van der Waals surface area contributed by atoms with Gasteiger partial charge in [-0.1, -0.05) is 23.4 Å². The molecule has 0 spiro atoms. The fourth-order valence-electron chi connectivity index (χ4n) is 3.41. The molecule has 1 saturated heterocycles. The number of rotatable bonds is 3. The zero-order valence-corrected chi connectivity index (χ0v) is 14.1. The average Bonchev–Trinajstić information content (AvgIpc) is 3.32. The van der Waals surface area contributed by atoms with Gasteiger partial charge in [-0.3, -0.25) is 9.78 Å². The first-order chi connectivity index (χ1) is 12.2. The van der Waals surface area contributed by atoms with Crippen molar-refractivity contribution in [2.75, 3.05) is 13.1 Å². The first-order valence-corrected chi connectivity index (χ1v) is 8.76. The molecule has 2 aromatic heterocycles. The van der Waals surface area contributed by atoms with Crippen LogP contribution in [0.15, 0.2) is 36.5 Å². The summed E-state index contributed by atoms with van der Waals surface area (Å²) < 4.78 is 1.92. The third-order valence-electron chi connectivity index (χ3n) is 5.14. The first-order valence-electron chi connectivity index (χ1n) is 8.76. The van der Waals surface area contributed by atoms with E-state index in [1.807, 2.05) is 53.0 Å². The Morgan fingerprint density at radius 1 is 1.16 bits per heavy atom. The lowest BCUT2D eigenvalue weighted by Crippen LogP contribution is -2.51. The van der Waals surface area contributed by atoms with Crippen LogP contribution in [-0.4, -0.2) is 43.9 Å². The molecule has 1 amide bonds. The van der Waals surface area contributed by atoms with E-state index in [2.05, 4.69) is 15.3 Å². The topological polar surface area (TPSA) is 63.9 Å². The van der Waals surface area contributed by atoms with Crippen LogP contribution in [0.25, 0.3) is 10.9 Å². The quantitative estimate of drug-likeness (QED) is 0.739. The molecule has 1 aromatic carbocycles. The fraction of sp³-hybridized carbons (Fsp3) is 0.368. The molecule has 0 N–H and O–H groups in total. The van der Waals surface area contributed by atoms with Gasteiger partial charge in [-0.05, 0) is 31.9 Å². The number of hydrogen-bond acceptors (Lipinski definition) is 4. The number of carbonyl (C=O) groups excluding carboxylic acids is 1. The second-order valence-corrected chi connectivity index (χ2v) is 7.09. The normalized spacial score (nSPS) is 17.7. The van der Waals surface area contributed by atoms with Crippen LogP contribution < -0.4 is 0 Å². The Morgan fingerprint density at radius 2 is 2.00 bits per heavy atom. The number of fused-ring (bicyclic) bond motifs is 1. The lowest BCUT2D eigenvalue weighted by molar-refractivity contribution is 0.0500. The number of para-hydroxylation sites is 1. The lowest BCUT2D eigenvalue weighted by Gasteiger charge is -2.39. The molecule has 0 bridgehead atoms. The Morgan fingerprint density at radius 3 is 2.80 bits per heavy atom. The van der Waals surface area contributed by atoms with Gasteiger partial charge in [0, 0.05) is 36.3 Å². The molecule has 0 unspecified atom stereocenters. The highest BCUT2D eigenvalue weighted by Crippen LogP contribution is 2.39. The van der Waals surface area contributed by atoms with E-state index in [9.17, 15) is 4.79 Å². The first kappa shape index (κ1) is 14.6. The maximum absolute atomic E-state index is 12.9.